The fraction of sp³-hybridized carbons (Fsp3) is 0.320. The van der Waals surface area contributed by atoms with Gasteiger partial charge in [0.2, 0.25) is 0 Å². The average Bonchev–Trinajstić information content (AvgIpc) is 3.26. The molecule has 1 fully saturated rings. The summed E-state index contributed by atoms with van der Waals surface area (Å²) < 4.78 is 50.6. The van der Waals surface area contributed by atoms with Gasteiger partial charge in [-0.05, 0) is 36.6 Å². The number of hydrogen-bond donors (Lipinski definition) is 3. The molecular formula is C25H23F3N2O7. The number of fused-ring (bicyclic) bond motifs is 1. The standard InChI is InChI=1S/C25H23F3N2O7/c1-24(12-31,13-32)22(34)36-11-16-10-30(23(35)37-16)15-7-6-14-8-20(29-21(33)18(14)9-15)17-4-2-3-5-19(17)25(26,27)28/h2-9,16,31-32H,10-13H2,1H3,(H,29,33)/t16-/m0/s1. The number of aromatic nitrogens is 1. The van der Waals surface area contributed by atoms with Gasteiger partial charge in [-0.2, -0.15) is 13.2 Å². The maximum absolute atomic E-state index is 13.4. The van der Waals surface area contributed by atoms with Crippen LogP contribution in [0.5, 0.6) is 0 Å². The number of nitrogens with zero attached hydrogens (tertiary/aromatic N) is 1. The Morgan fingerprint density at radius 1 is 1.14 bits per heavy atom. The number of aliphatic hydroxyl groups is 2. The molecule has 196 valence electrons. The summed E-state index contributed by atoms with van der Waals surface area (Å²) in [6.45, 7) is -0.265. The molecule has 0 saturated carbocycles. The zero-order chi connectivity index (χ0) is 27.0. The normalized spacial score (nSPS) is 16.2. The minimum Gasteiger partial charge on any atom is -0.461 e. The summed E-state index contributed by atoms with van der Waals surface area (Å²) in [5.41, 5.74) is -2.89. The SMILES string of the molecule is CC(CO)(CO)C(=O)OC[C@@H]1CN(c2ccc3cc(-c4ccccc4C(F)(F)F)[nH]c(=O)c3c2)C(=O)O1. The molecule has 1 saturated heterocycles. The maximum atomic E-state index is 13.4. The van der Waals surface area contributed by atoms with Crippen LogP contribution in [0, 0.1) is 5.41 Å². The van der Waals surface area contributed by atoms with Gasteiger partial charge in [0.15, 0.2) is 6.10 Å². The first-order valence-corrected chi connectivity index (χ1v) is 11.2. The Hall–Kier alpha value is -3.90. The Labute approximate surface area is 208 Å². The van der Waals surface area contributed by atoms with Gasteiger partial charge in [-0.3, -0.25) is 14.5 Å². The minimum atomic E-state index is -4.61. The van der Waals surface area contributed by atoms with E-state index in [0.29, 0.717) is 11.1 Å². The van der Waals surface area contributed by atoms with Crippen molar-refractivity contribution in [3.8, 4) is 11.3 Å². The molecule has 37 heavy (non-hydrogen) atoms. The van der Waals surface area contributed by atoms with Gasteiger partial charge < -0.3 is 24.7 Å². The smallest absolute Gasteiger partial charge is 0.417 e. The van der Waals surface area contributed by atoms with E-state index < -0.39 is 54.1 Å². The lowest BCUT2D eigenvalue weighted by Crippen LogP contribution is -2.38. The molecule has 0 bridgehead atoms. The minimum absolute atomic E-state index is 0.00149. The first kappa shape index (κ1) is 26.2. The third-order valence-corrected chi connectivity index (χ3v) is 6.13. The van der Waals surface area contributed by atoms with Crippen molar-refractivity contribution in [2.75, 3.05) is 31.3 Å². The molecule has 0 radical (unpaired) electrons. The predicted octanol–water partition coefficient (Wildman–Crippen LogP) is 3.07. The molecule has 0 aliphatic carbocycles. The second kappa shape index (κ2) is 9.87. The van der Waals surface area contributed by atoms with E-state index in [1.807, 2.05) is 0 Å². The number of esters is 1. The number of alkyl halides is 3. The number of ether oxygens (including phenoxy) is 2. The number of benzene rings is 2. The molecule has 2 aromatic carbocycles. The predicted molar refractivity (Wildman–Crippen MR) is 126 cm³/mol. The molecule has 2 heterocycles. The van der Waals surface area contributed by atoms with Crippen LogP contribution in [0.2, 0.25) is 0 Å². The van der Waals surface area contributed by atoms with Gasteiger partial charge >= 0.3 is 18.2 Å². The highest BCUT2D eigenvalue weighted by Gasteiger charge is 2.37. The van der Waals surface area contributed by atoms with E-state index >= 15 is 0 Å². The lowest BCUT2D eigenvalue weighted by Gasteiger charge is -2.22. The third-order valence-electron chi connectivity index (χ3n) is 6.13. The highest BCUT2D eigenvalue weighted by molar-refractivity contribution is 5.95. The van der Waals surface area contributed by atoms with E-state index in [2.05, 4.69) is 4.98 Å². The van der Waals surface area contributed by atoms with Crippen LogP contribution in [0.4, 0.5) is 23.7 Å². The molecular weight excluding hydrogens is 497 g/mol. The Morgan fingerprint density at radius 2 is 1.84 bits per heavy atom. The molecule has 0 unspecified atom stereocenters. The molecule has 4 rings (SSSR count). The molecule has 9 nitrogen and oxygen atoms in total. The van der Waals surface area contributed by atoms with E-state index in [1.54, 1.807) is 0 Å². The highest BCUT2D eigenvalue weighted by Crippen LogP contribution is 2.36. The van der Waals surface area contributed by atoms with Crippen LogP contribution in [-0.2, 0) is 20.4 Å². The van der Waals surface area contributed by atoms with Crippen molar-refractivity contribution in [2.45, 2.75) is 19.2 Å². The van der Waals surface area contributed by atoms with Crippen molar-refractivity contribution < 1.29 is 42.4 Å². The third kappa shape index (κ3) is 5.16. The van der Waals surface area contributed by atoms with Gasteiger partial charge in [0.1, 0.15) is 12.0 Å². The van der Waals surface area contributed by atoms with Crippen molar-refractivity contribution in [1.29, 1.82) is 0 Å². The van der Waals surface area contributed by atoms with Crippen LogP contribution in [0.3, 0.4) is 0 Å². The van der Waals surface area contributed by atoms with E-state index in [0.717, 1.165) is 6.07 Å². The van der Waals surface area contributed by atoms with E-state index in [-0.39, 0.29) is 29.8 Å². The summed E-state index contributed by atoms with van der Waals surface area (Å²) in [6, 6.07) is 10.8. The van der Waals surface area contributed by atoms with Crippen molar-refractivity contribution in [1.82, 2.24) is 4.98 Å². The second-order valence-electron chi connectivity index (χ2n) is 8.92. The van der Waals surface area contributed by atoms with E-state index in [4.69, 9.17) is 9.47 Å². The van der Waals surface area contributed by atoms with Crippen LogP contribution in [0.25, 0.3) is 22.0 Å². The molecule has 1 amide bonds. The van der Waals surface area contributed by atoms with Crippen LogP contribution in [-0.4, -0.2) is 59.7 Å². The number of cyclic esters (lactones) is 1. The summed E-state index contributed by atoms with van der Waals surface area (Å²) >= 11 is 0. The second-order valence-corrected chi connectivity index (χ2v) is 8.92. The Balaban J connectivity index is 1.56. The number of aliphatic hydroxyl groups excluding tert-OH is 2. The Morgan fingerprint density at radius 3 is 2.51 bits per heavy atom. The zero-order valence-corrected chi connectivity index (χ0v) is 19.5. The molecule has 1 aliphatic rings. The summed E-state index contributed by atoms with van der Waals surface area (Å²) in [5.74, 6) is -0.855. The fourth-order valence-electron chi connectivity index (χ4n) is 3.87. The molecule has 0 spiro atoms. The lowest BCUT2D eigenvalue weighted by atomic mass is 9.93. The van der Waals surface area contributed by atoms with Crippen molar-refractivity contribution in [3.05, 3.63) is 64.4 Å². The van der Waals surface area contributed by atoms with E-state index in [9.17, 15) is 37.8 Å². The van der Waals surface area contributed by atoms with Crippen molar-refractivity contribution >= 4 is 28.5 Å². The number of amides is 1. The number of H-pyrrole nitrogens is 1. The number of carbonyl (C=O) groups is 2. The summed E-state index contributed by atoms with van der Waals surface area (Å²) in [7, 11) is 0. The number of carbonyl (C=O) groups excluding carboxylic acids is 2. The van der Waals surface area contributed by atoms with Crippen molar-refractivity contribution in [2.24, 2.45) is 5.41 Å². The summed E-state index contributed by atoms with van der Waals surface area (Å²) in [6.07, 6.45) is -6.20. The van der Waals surface area contributed by atoms with Crippen LogP contribution in [0.15, 0.2) is 53.3 Å². The number of aromatic amines is 1. The molecule has 12 heteroatoms. The fourth-order valence-corrected chi connectivity index (χ4v) is 3.87. The van der Waals surface area contributed by atoms with Gasteiger partial charge in [0.25, 0.3) is 5.56 Å². The van der Waals surface area contributed by atoms with Gasteiger partial charge in [-0.25, -0.2) is 4.79 Å². The van der Waals surface area contributed by atoms with Crippen LogP contribution < -0.4 is 10.5 Å². The summed E-state index contributed by atoms with van der Waals surface area (Å²) in [4.78, 5) is 41.0. The molecule has 1 aliphatic heterocycles. The van der Waals surface area contributed by atoms with Gasteiger partial charge in [-0.15, -0.1) is 0 Å². The quantitative estimate of drug-likeness (QED) is 0.409. The Kier molecular flexibility index (Phi) is 6.98. The monoisotopic (exact) mass is 520 g/mol. The van der Waals surface area contributed by atoms with E-state index in [1.165, 1.54) is 54.3 Å². The van der Waals surface area contributed by atoms with Gasteiger partial charge in [0, 0.05) is 22.3 Å². The maximum Gasteiger partial charge on any atom is 0.417 e. The number of rotatable bonds is 7. The molecule has 1 atom stereocenters. The highest BCUT2D eigenvalue weighted by atomic mass is 19.4. The molecule has 3 N–H and O–H groups in total. The average molecular weight is 520 g/mol. The number of pyridine rings is 1. The largest absolute Gasteiger partial charge is 0.461 e. The van der Waals surface area contributed by atoms with Crippen LogP contribution in [0.1, 0.15) is 12.5 Å². The summed E-state index contributed by atoms with van der Waals surface area (Å²) in [5, 5.41) is 19.1. The topological polar surface area (TPSA) is 129 Å². The van der Waals surface area contributed by atoms with Gasteiger partial charge in [0.05, 0.1) is 25.3 Å². The number of halogens is 3. The first-order valence-electron chi connectivity index (χ1n) is 11.2. The Bertz CT molecular complexity index is 1400. The number of nitrogens with one attached hydrogen (secondary N) is 1. The molecule has 1 aromatic heterocycles. The molecule has 3 aromatic rings. The van der Waals surface area contributed by atoms with Crippen LogP contribution >= 0.6 is 0 Å². The zero-order valence-electron chi connectivity index (χ0n) is 19.5. The number of hydrogen-bond acceptors (Lipinski definition) is 7. The number of anilines is 1. The van der Waals surface area contributed by atoms with Gasteiger partial charge in [-0.1, -0.05) is 24.3 Å². The first-order chi connectivity index (χ1) is 17.5. The lowest BCUT2D eigenvalue weighted by molar-refractivity contribution is -0.162. The van der Waals surface area contributed by atoms with Crippen molar-refractivity contribution in [3.63, 3.8) is 0 Å².